The SMILES string of the molecule is [2H]C1([2H])c2ccccc2[C@]2(C)OC(c3cc(C)cc(Oc4ccc5cc(C)cc(O)c5n4)c3)=N[C@@]12C. The van der Waals surface area contributed by atoms with Crippen LogP contribution in [0, 0.1) is 13.8 Å². The molecule has 0 fully saturated rings. The maximum absolute atomic E-state index is 10.3. The zero-order valence-corrected chi connectivity index (χ0v) is 19.5. The molecule has 0 saturated carbocycles. The van der Waals surface area contributed by atoms with Gasteiger partial charge in [0.15, 0.2) is 5.60 Å². The Morgan fingerprint density at radius 1 is 1.00 bits per heavy atom. The van der Waals surface area contributed by atoms with Gasteiger partial charge in [-0.2, -0.15) is 0 Å². The summed E-state index contributed by atoms with van der Waals surface area (Å²) in [6.07, 6.45) is -1.70. The van der Waals surface area contributed by atoms with E-state index in [1.165, 1.54) is 0 Å². The Labute approximate surface area is 201 Å². The number of rotatable bonds is 3. The van der Waals surface area contributed by atoms with Gasteiger partial charge in [-0.15, -0.1) is 0 Å². The molecule has 1 aliphatic carbocycles. The summed E-state index contributed by atoms with van der Waals surface area (Å²) in [5.74, 6) is 1.39. The van der Waals surface area contributed by atoms with Crippen LogP contribution in [0.25, 0.3) is 10.9 Å². The average Bonchev–Trinajstić information content (AvgIpc) is 3.18. The number of aliphatic imine (C=N–C) groups is 1. The maximum atomic E-state index is 10.3. The Morgan fingerprint density at radius 2 is 1.79 bits per heavy atom. The largest absolute Gasteiger partial charge is 0.506 e. The molecule has 3 aromatic carbocycles. The molecule has 2 atom stereocenters. The third-order valence-electron chi connectivity index (χ3n) is 6.79. The van der Waals surface area contributed by atoms with E-state index in [0.29, 0.717) is 34.2 Å². The second kappa shape index (κ2) is 7.07. The quantitative estimate of drug-likeness (QED) is 0.393. The van der Waals surface area contributed by atoms with Crippen LogP contribution in [0.2, 0.25) is 0 Å². The zero-order chi connectivity index (χ0) is 25.5. The van der Waals surface area contributed by atoms with Crippen molar-refractivity contribution in [1.82, 2.24) is 4.98 Å². The van der Waals surface area contributed by atoms with Crippen molar-refractivity contribution in [3.05, 3.63) is 94.5 Å². The molecule has 5 nitrogen and oxygen atoms in total. The van der Waals surface area contributed by atoms with Gasteiger partial charge in [0.1, 0.15) is 22.6 Å². The van der Waals surface area contributed by atoms with Gasteiger partial charge in [0.2, 0.25) is 11.8 Å². The van der Waals surface area contributed by atoms with Gasteiger partial charge >= 0.3 is 0 Å². The fourth-order valence-corrected chi connectivity index (χ4v) is 4.94. The van der Waals surface area contributed by atoms with Crippen molar-refractivity contribution >= 4 is 16.8 Å². The number of nitrogens with zero attached hydrogens (tertiary/aromatic N) is 2. The number of ether oxygens (including phenoxy) is 2. The van der Waals surface area contributed by atoms with E-state index >= 15 is 0 Å². The summed E-state index contributed by atoms with van der Waals surface area (Å²) in [6.45, 7) is 7.60. The molecule has 34 heavy (non-hydrogen) atoms. The second-order valence-corrected chi connectivity index (χ2v) is 9.44. The molecule has 0 spiro atoms. The molecule has 2 aliphatic rings. The molecule has 2 heterocycles. The highest BCUT2D eigenvalue weighted by Gasteiger charge is 2.58. The molecule has 0 radical (unpaired) electrons. The van der Waals surface area contributed by atoms with E-state index in [2.05, 4.69) is 4.98 Å². The number of aromatic nitrogens is 1. The molecular weight excluding hydrogens is 424 g/mol. The number of fused-ring (bicyclic) bond motifs is 4. The fraction of sp³-hybridized carbons (Fsp3) is 0.241. The number of aryl methyl sites for hydroxylation is 2. The lowest BCUT2D eigenvalue weighted by Gasteiger charge is -2.31. The molecular formula is C29H26N2O3. The van der Waals surface area contributed by atoms with Crippen LogP contribution in [-0.2, 0) is 16.7 Å². The first-order valence-corrected chi connectivity index (χ1v) is 11.3. The highest BCUT2D eigenvalue weighted by Crippen LogP contribution is 2.53. The van der Waals surface area contributed by atoms with Crippen LogP contribution < -0.4 is 4.74 Å². The van der Waals surface area contributed by atoms with E-state index in [-0.39, 0.29) is 5.75 Å². The minimum atomic E-state index is -1.70. The third-order valence-corrected chi connectivity index (χ3v) is 6.79. The Kier molecular flexibility index (Phi) is 3.86. The van der Waals surface area contributed by atoms with Crippen LogP contribution in [0.3, 0.4) is 0 Å². The lowest BCUT2D eigenvalue weighted by Crippen LogP contribution is -2.40. The molecule has 4 aromatic rings. The van der Waals surface area contributed by atoms with Crippen molar-refractivity contribution in [2.24, 2.45) is 4.99 Å². The van der Waals surface area contributed by atoms with Gasteiger partial charge in [0, 0.05) is 31.7 Å². The van der Waals surface area contributed by atoms with Gasteiger partial charge in [-0.25, -0.2) is 9.98 Å². The Hall–Kier alpha value is -3.86. The molecule has 0 amide bonds. The van der Waals surface area contributed by atoms with Crippen molar-refractivity contribution in [1.29, 1.82) is 0 Å². The minimum Gasteiger partial charge on any atom is -0.506 e. The summed E-state index contributed by atoms with van der Waals surface area (Å²) in [5, 5.41) is 11.2. The first-order valence-electron chi connectivity index (χ1n) is 12.3. The van der Waals surface area contributed by atoms with Gasteiger partial charge in [-0.1, -0.05) is 24.3 Å². The number of hydrogen-bond donors (Lipinski definition) is 1. The standard InChI is InChI=1S/C29H26N2O3/c1-17-12-21(27-31-28(3)16-20-7-5-6-8-23(20)29(28,4)34-27)15-22(13-17)33-25-10-9-19-11-18(2)14-24(32)26(19)30-25/h5-15,32H,16H2,1-4H3/t28-,29-/m0/s1/i16D2. The smallest absolute Gasteiger partial charge is 0.219 e. The van der Waals surface area contributed by atoms with Crippen molar-refractivity contribution in [3.8, 4) is 17.4 Å². The molecule has 0 bridgehead atoms. The molecule has 0 unspecified atom stereocenters. The number of hydrogen-bond acceptors (Lipinski definition) is 5. The molecule has 5 heteroatoms. The molecule has 0 saturated heterocycles. The monoisotopic (exact) mass is 452 g/mol. The molecule has 1 aliphatic heterocycles. The number of aromatic hydroxyl groups is 1. The molecule has 6 rings (SSSR count). The highest BCUT2D eigenvalue weighted by atomic mass is 16.5. The van der Waals surface area contributed by atoms with E-state index in [1.54, 1.807) is 12.1 Å². The second-order valence-electron chi connectivity index (χ2n) is 9.44. The van der Waals surface area contributed by atoms with Crippen LogP contribution in [-0.4, -0.2) is 21.5 Å². The van der Waals surface area contributed by atoms with Gasteiger partial charge in [0.25, 0.3) is 0 Å². The number of benzene rings is 3. The highest BCUT2D eigenvalue weighted by molar-refractivity contribution is 5.97. The number of phenolic OH excluding ortho intramolecular Hbond substituents is 1. The van der Waals surface area contributed by atoms with Gasteiger partial charge in [0.05, 0.1) is 0 Å². The molecule has 1 N–H and O–H groups in total. The lowest BCUT2D eigenvalue weighted by atomic mass is 9.84. The Bertz CT molecular complexity index is 1600. The number of phenols is 1. The van der Waals surface area contributed by atoms with Crippen molar-refractivity contribution in [2.75, 3.05) is 0 Å². The summed E-state index contributed by atoms with van der Waals surface area (Å²) in [4.78, 5) is 9.35. The van der Waals surface area contributed by atoms with Gasteiger partial charge in [-0.3, -0.25) is 0 Å². The normalized spacial score (nSPS) is 25.1. The van der Waals surface area contributed by atoms with Gasteiger partial charge in [-0.05, 0) is 80.8 Å². The van der Waals surface area contributed by atoms with Gasteiger partial charge < -0.3 is 14.6 Å². The summed E-state index contributed by atoms with van der Waals surface area (Å²) in [7, 11) is 0. The van der Waals surface area contributed by atoms with Crippen molar-refractivity contribution in [2.45, 2.75) is 45.2 Å². The topological polar surface area (TPSA) is 63.9 Å². The molecule has 1 aromatic heterocycles. The summed E-state index contributed by atoms with van der Waals surface area (Å²) < 4.78 is 30.4. The average molecular weight is 453 g/mol. The van der Waals surface area contributed by atoms with E-state index in [4.69, 9.17) is 17.2 Å². The first kappa shape index (κ1) is 18.6. The van der Waals surface area contributed by atoms with Crippen LogP contribution in [0.5, 0.6) is 17.4 Å². The zero-order valence-electron chi connectivity index (χ0n) is 21.5. The Morgan fingerprint density at radius 3 is 2.65 bits per heavy atom. The van der Waals surface area contributed by atoms with Crippen LogP contribution >= 0.6 is 0 Å². The molecule has 170 valence electrons. The van der Waals surface area contributed by atoms with Crippen LogP contribution in [0.1, 0.15) is 44.4 Å². The summed E-state index contributed by atoms with van der Waals surface area (Å²) in [5.41, 5.74) is 2.43. The first-order chi connectivity index (χ1) is 17.0. The van der Waals surface area contributed by atoms with Crippen LogP contribution in [0.4, 0.5) is 0 Å². The maximum Gasteiger partial charge on any atom is 0.219 e. The van der Waals surface area contributed by atoms with E-state index in [1.807, 2.05) is 82.3 Å². The van der Waals surface area contributed by atoms with E-state index in [0.717, 1.165) is 22.1 Å². The predicted octanol–water partition coefficient (Wildman–Crippen LogP) is 6.36. The summed E-state index contributed by atoms with van der Waals surface area (Å²) in [6, 6.07) is 20.4. The Balaban J connectivity index is 1.38. The van der Waals surface area contributed by atoms with E-state index < -0.39 is 17.5 Å². The minimum absolute atomic E-state index is 0.108. The number of pyridine rings is 1. The lowest BCUT2D eigenvalue weighted by molar-refractivity contribution is 0.0450. The fourth-order valence-electron chi connectivity index (χ4n) is 4.94. The van der Waals surface area contributed by atoms with Crippen LogP contribution in [0.15, 0.2) is 71.7 Å². The van der Waals surface area contributed by atoms with E-state index in [9.17, 15) is 5.11 Å². The summed E-state index contributed by atoms with van der Waals surface area (Å²) >= 11 is 0. The van der Waals surface area contributed by atoms with Crippen molar-refractivity contribution < 1.29 is 17.3 Å². The van der Waals surface area contributed by atoms with Crippen molar-refractivity contribution in [3.63, 3.8) is 0 Å². The predicted molar refractivity (Wildman–Crippen MR) is 133 cm³/mol. The third kappa shape index (κ3) is 3.07.